The van der Waals surface area contributed by atoms with Gasteiger partial charge >= 0.3 is 0 Å². The van der Waals surface area contributed by atoms with E-state index in [4.69, 9.17) is 33.7 Å². The normalized spacial score (nSPS) is 12.0. The zero-order chi connectivity index (χ0) is 13.0. The van der Waals surface area contributed by atoms with Crippen molar-refractivity contribution in [3.8, 4) is 5.75 Å². The van der Waals surface area contributed by atoms with E-state index in [1.807, 2.05) is 6.92 Å². The van der Waals surface area contributed by atoms with Crippen LogP contribution in [0.4, 0.5) is 5.69 Å². The fraction of sp³-hybridized carbons (Fsp3) is 0.364. The van der Waals surface area contributed by atoms with Gasteiger partial charge in [-0.3, -0.25) is 4.79 Å². The lowest BCUT2D eigenvalue weighted by Crippen LogP contribution is -2.36. The molecule has 1 rings (SSSR count). The summed E-state index contributed by atoms with van der Waals surface area (Å²) in [6, 6.07) is 2.98. The summed E-state index contributed by atoms with van der Waals surface area (Å²) in [5.41, 5.74) is 6.06. The van der Waals surface area contributed by atoms with Gasteiger partial charge in [0.1, 0.15) is 5.75 Å². The van der Waals surface area contributed by atoms with Crippen molar-refractivity contribution in [2.45, 2.75) is 20.0 Å². The van der Waals surface area contributed by atoms with Crippen LogP contribution in [-0.4, -0.2) is 18.6 Å². The third-order valence-electron chi connectivity index (χ3n) is 2.08. The van der Waals surface area contributed by atoms with E-state index in [-0.39, 0.29) is 5.91 Å². The number of carbonyl (C=O) groups excluding carboxylic acids is 1. The van der Waals surface area contributed by atoms with Crippen molar-refractivity contribution in [3.63, 3.8) is 0 Å². The van der Waals surface area contributed by atoms with E-state index in [1.54, 1.807) is 6.92 Å². The van der Waals surface area contributed by atoms with Crippen molar-refractivity contribution >= 4 is 34.8 Å². The molecule has 0 aliphatic rings. The van der Waals surface area contributed by atoms with E-state index in [0.29, 0.717) is 28.0 Å². The predicted molar refractivity (Wildman–Crippen MR) is 69.6 cm³/mol. The van der Waals surface area contributed by atoms with Crippen LogP contribution in [0.15, 0.2) is 12.1 Å². The summed E-state index contributed by atoms with van der Waals surface area (Å²) in [4.78, 5) is 11.5. The topological polar surface area (TPSA) is 64.3 Å². The fourth-order valence-electron chi connectivity index (χ4n) is 1.21. The van der Waals surface area contributed by atoms with Gasteiger partial charge in [0.05, 0.1) is 15.7 Å². The Morgan fingerprint density at radius 3 is 2.65 bits per heavy atom. The van der Waals surface area contributed by atoms with Gasteiger partial charge in [-0.1, -0.05) is 23.2 Å². The minimum Gasteiger partial charge on any atom is -0.479 e. The molecule has 0 bridgehead atoms. The third kappa shape index (κ3) is 3.68. The van der Waals surface area contributed by atoms with Crippen molar-refractivity contribution in [1.82, 2.24) is 5.32 Å². The van der Waals surface area contributed by atoms with Gasteiger partial charge in [0, 0.05) is 12.6 Å². The van der Waals surface area contributed by atoms with Crippen LogP contribution < -0.4 is 15.8 Å². The maximum absolute atomic E-state index is 11.5. The number of benzene rings is 1. The zero-order valence-corrected chi connectivity index (χ0v) is 11.1. The summed E-state index contributed by atoms with van der Waals surface area (Å²) in [6.45, 7) is 4.01. The van der Waals surface area contributed by atoms with Gasteiger partial charge < -0.3 is 15.8 Å². The first-order valence-corrected chi connectivity index (χ1v) is 5.90. The van der Waals surface area contributed by atoms with E-state index < -0.39 is 6.10 Å². The number of anilines is 1. The number of nitrogens with two attached hydrogens (primary N) is 1. The maximum atomic E-state index is 11.5. The number of carbonyl (C=O) groups is 1. The second-order valence-electron chi connectivity index (χ2n) is 3.46. The van der Waals surface area contributed by atoms with E-state index in [0.717, 1.165) is 0 Å². The second-order valence-corrected chi connectivity index (χ2v) is 4.27. The van der Waals surface area contributed by atoms with Gasteiger partial charge in [0.2, 0.25) is 0 Å². The average Bonchev–Trinajstić information content (AvgIpc) is 2.26. The van der Waals surface area contributed by atoms with Crippen LogP contribution in [-0.2, 0) is 4.79 Å². The van der Waals surface area contributed by atoms with E-state index >= 15 is 0 Å². The van der Waals surface area contributed by atoms with Gasteiger partial charge in [0.15, 0.2) is 6.10 Å². The molecule has 6 heteroatoms. The molecule has 0 aliphatic carbocycles. The molecule has 1 aromatic rings. The first kappa shape index (κ1) is 13.9. The molecule has 94 valence electrons. The number of nitrogen functional groups attached to an aromatic ring is 1. The molecule has 4 nitrogen and oxygen atoms in total. The highest BCUT2D eigenvalue weighted by Gasteiger charge is 2.15. The summed E-state index contributed by atoms with van der Waals surface area (Å²) in [6.07, 6.45) is -0.644. The van der Waals surface area contributed by atoms with Crippen molar-refractivity contribution < 1.29 is 9.53 Å². The van der Waals surface area contributed by atoms with Crippen LogP contribution in [0.1, 0.15) is 13.8 Å². The molecule has 0 saturated heterocycles. The molecule has 1 aromatic carbocycles. The van der Waals surface area contributed by atoms with E-state index in [9.17, 15) is 4.79 Å². The summed E-state index contributed by atoms with van der Waals surface area (Å²) in [5, 5.41) is 3.33. The molecule has 0 spiro atoms. The first-order valence-electron chi connectivity index (χ1n) is 5.14. The van der Waals surface area contributed by atoms with Gasteiger partial charge in [0.25, 0.3) is 5.91 Å². The smallest absolute Gasteiger partial charge is 0.260 e. The Kier molecular flexibility index (Phi) is 4.90. The first-order chi connectivity index (χ1) is 7.95. The standard InChI is InChI=1S/C11H14Cl2N2O2/c1-3-15-11(16)6(2)17-10-5-8(13)7(12)4-9(10)14/h4-6H,3,14H2,1-2H3,(H,15,16). The number of rotatable bonds is 4. The van der Waals surface area contributed by atoms with Crippen LogP contribution in [0.5, 0.6) is 5.75 Å². The molecule has 1 amide bonds. The van der Waals surface area contributed by atoms with Crippen molar-refractivity contribution in [2.75, 3.05) is 12.3 Å². The average molecular weight is 277 g/mol. The number of hydrogen-bond donors (Lipinski definition) is 2. The molecule has 0 fully saturated rings. The van der Waals surface area contributed by atoms with Gasteiger partial charge in [-0.05, 0) is 19.9 Å². The van der Waals surface area contributed by atoms with Crippen LogP contribution in [0.2, 0.25) is 10.0 Å². The number of halogens is 2. The highest BCUT2D eigenvalue weighted by Crippen LogP contribution is 2.32. The Bertz CT molecular complexity index is 424. The zero-order valence-electron chi connectivity index (χ0n) is 9.59. The molecular weight excluding hydrogens is 263 g/mol. The largest absolute Gasteiger partial charge is 0.479 e. The third-order valence-corrected chi connectivity index (χ3v) is 2.80. The molecule has 3 N–H and O–H groups in total. The summed E-state index contributed by atoms with van der Waals surface area (Å²) in [5.74, 6) is 0.135. The number of nitrogens with one attached hydrogen (secondary N) is 1. The molecule has 1 unspecified atom stereocenters. The molecule has 0 heterocycles. The van der Waals surface area contributed by atoms with E-state index in [1.165, 1.54) is 12.1 Å². The Hall–Kier alpha value is -1.13. The fourth-order valence-corrected chi connectivity index (χ4v) is 1.53. The highest BCUT2D eigenvalue weighted by molar-refractivity contribution is 6.42. The number of hydrogen-bond acceptors (Lipinski definition) is 3. The minimum absolute atomic E-state index is 0.210. The van der Waals surface area contributed by atoms with Crippen LogP contribution in [0.3, 0.4) is 0 Å². The quantitative estimate of drug-likeness (QED) is 0.831. The minimum atomic E-state index is -0.644. The molecule has 17 heavy (non-hydrogen) atoms. The molecule has 0 radical (unpaired) electrons. The maximum Gasteiger partial charge on any atom is 0.260 e. The molecular formula is C11H14Cl2N2O2. The summed E-state index contributed by atoms with van der Waals surface area (Å²) in [7, 11) is 0. The summed E-state index contributed by atoms with van der Waals surface area (Å²) >= 11 is 11.6. The Morgan fingerprint density at radius 2 is 2.06 bits per heavy atom. The predicted octanol–water partition coefficient (Wildman–Crippen LogP) is 2.48. The van der Waals surface area contributed by atoms with Crippen LogP contribution in [0.25, 0.3) is 0 Å². The number of amides is 1. The lowest BCUT2D eigenvalue weighted by atomic mass is 10.3. The van der Waals surface area contributed by atoms with Crippen LogP contribution >= 0.6 is 23.2 Å². The number of likely N-dealkylation sites (N-methyl/N-ethyl adjacent to an activating group) is 1. The number of ether oxygens (including phenoxy) is 1. The van der Waals surface area contributed by atoms with Crippen molar-refractivity contribution in [1.29, 1.82) is 0 Å². The Morgan fingerprint density at radius 1 is 1.47 bits per heavy atom. The van der Waals surface area contributed by atoms with Gasteiger partial charge in [-0.15, -0.1) is 0 Å². The monoisotopic (exact) mass is 276 g/mol. The van der Waals surface area contributed by atoms with Gasteiger partial charge in [-0.2, -0.15) is 0 Å². The lowest BCUT2D eigenvalue weighted by Gasteiger charge is -2.16. The van der Waals surface area contributed by atoms with E-state index in [2.05, 4.69) is 5.32 Å². The Balaban J connectivity index is 2.81. The van der Waals surface area contributed by atoms with Gasteiger partial charge in [-0.25, -0.2) is 0 Å². The molecule has 0 aliphatic heterocycles. The van der Waals surface area contributed by atoms with Crippen molar-refractivity contribution in [3.05, 3.63) is 22.2 Å². The lowest BCUT2D eigenvalue weighted by molar-refractivity contribution is -0.127. The molecule has 0 saturated carbocycles. The van der Waals surface area contributed by atoms with Crippen LogP contribution in [0, 0.1) is 0 Å². The second kappa shape index (κ2) is 5.98. The molecule has 0 aromatic heterocycles. The molecule has 1 atom stereocenters. The highest BCUT2D eigenvalue weighted by atomic mass is 35.5. The Labute approximate surface area is 110 Å². The van der Waals surface area contributed by atoms with Crippen molar-refractivity contribution in [2.24, 2.45) is 0 Å². The summed E-state index contributed by atoms with van der Waals surface area (Å²) < 4.78 is 5.42. The SMILES string of the molecule is CCNC(=O)C(C)Oc1cc(Cl)c(Cl)cc1N.